The number of nitrogens with one attached hydrogen (secondary N) is 1. The standard InChI is InChI=1S/C8H7N3O2/c1-4-5-2-3-9-6(5)11-7(10-4)8(12)13/h2-3H,1H3,(H,12,13)(H,9,10,11). The summed E-state index contributed by atoms with van der Waals surface area (Å²) in [6.45, 7) is 1.75. The van der Waals surface area contributed by atoms with Crippen molar-refractivity contribution in [1.82, 2.24) is 15.0 Å². The van der Waals surface area contributed by atoms with E-state index < -0.39 is 5.97 Å². The van der Waals surface area contributed by atoms with Crippen molar-refractivity contribution >= 4 is 17.0 Å². The lowest BCUT2D eigenvalue weighted by atomic mass is 10.3. The van der Waals surface area contributed by atoms with Crippen molar-refractivity contribution in [3.63, 3.8) is 0 Å². The molecule has 13 heavy (non-hydrogen) atoms. The molecule has 2 aromatic rings. The van der Waals surface area contributed by atoms with Crippen LogP contribution in [0.1, 0.15) is 16.3 Å². The lowest BCUT2D eigenvalue weighted by Crippen LogP contribution is -2.05. The summed E-state index contributed by atoms with van der Waals surface area (Å²) in [5, 5.41) is 9.52. The number of H-pyrrole nitrogens is 1. The Labute approximate surface area is 73.4 Å². The monoisotopic (exact) mass is 177 g/mol. The van der Waals surface area contributed by atoms with E-state index in [0.717, 1.165) is 5.39 Å². The maximum atomic E-state index is 10.6. The Morgan fingerprint density at radius 3 is 3.00 bits per heavy atom. The minimum Gasteiger partial charge on any atom is -0.475 e. The Morgan fingerprint density at radius 2 is 2.31 bits per heavy atom. The van der Waals surface area contributed by atoms with Gasteiger partial charge in [-0.2, -0.15) is 0 Å². The first-order chi connectivity index (χ1) is 6.18. The number of carboxylic acids is 1. The molecule has 0 aliphatic rings. The van der Waals surface area contributed by atoms with Gasteiger partial charge in [-0.25, -0.2) is 14.8 Å². The third-order valence-electron chi connectivity index (χ3n) is 1.80. The van der Waals surface area contributed by atoms with Crippen molar-refractivity contribution in [3.05, 3.63) is 23.8 Å². The molecule has 0 amide bonds. The molecule has 2 heterocycles. The van der Waals surface area contributed by atoms with Crippen LogP contribution in [-0.4, -0.2) is 26.0 Å². The Morgan fingerprint density at radius 1 is 1.54 bits per heavy atom. The van der Waals surface area contributed by atoms with Crippen molar-refractivity contribution < 1.29 is 9.90 Å². The fraction of sp³-hybridized carbons (Fsp3) is 0.125. The minimum atomic E-state index is -1.11. The second-order valence-corrected chi connectivity index (χ2v) is 2.68. The first-order valence-electron chi connectivity index (χ1n) is 3.73. The van der Waals surface area contributed by atoms with Gasteiger partial charge in [-0.15, -0.1) is 0 Å². The summed E-state index contributed by atoms with van der Waals surface area (Å²) in [5.74, 6) is -1.29. The summed E-state index contributed by atoms with van der Waals surface area (Å²) in [6, 6.07) is 1.82. The van der Waals surface area contributed by atoms with E-state index in [2.05, 4.69) is 15.0 Å². The third kappa shape index (κ3) is 1.14. The number of rotatable bonds is 1. The van der Waals surface area contributed by atoms with Crippen molar-refractivity contribution in [2.45, 2.75) is 6.92 Å². The zero-order valence-electron chi connectivity index (χ0n) is 6.90. The van der Waals surface area contributed by atoms with Crippen LogP contribution in [0.15, 0.2) is 12.3 Å². The molecule has 5 heteroatoms. The average molecular weight is 177 g/mol. The van der Waals surface area contributed by atoms with Gasteiger partial charge in [0.2, 0.25) is 5.82 Å². The molecular formula is C8H7N3O2. The Hall–Kier alpha value is -1.91. The molecule has 0 saturated carbocycles. The Kier molecular flexibility index (Phi) is 1.51. The summed E-state index contributed by atoms with van der Waals surface area (Å²) in [7, 11) is 0. The first kappa shape index (κ1) is 7.72. The molecule has 0 spiro atoms. The number of hydrogen-bond acceptors (Lipinski definition) is 3. The van der Waals surface area contributed by atoms with Gasteiger partial charge >= 0.3 is 5.97 Å². The highest BCUT2D eigenvalue weighted by atomic mass is 16.4. The van der Waals surface area contributed by atoms with Crippen molar-refractivity contribution in [1.29, 1.82) is 0 Å². The molecule has 66 valence electrons. The first-order valence-corrected chi connectivity index (χ1v) is 3.73. The second-order valence-electron chi connectivity index (χ2n) is 2.68. The number of aromatic carboxylic acids is 1. The highest BCUT2D eigenvalue weighted by Gasteiger charge is 2.10. The zero-order valence-corrected chi connectivity index (χ0v) is 6.90. The average Bonchev–Trinajstić information content (AvgIpc) is 2.51. The number of aryl methyl sites for hydroxylation is 1. The van der Waals surface area contributed by atoms with Gasteiger partial charge in [-0.1, -0.05) is 0 Å². The fourth-order valence-electron chi connectivity index (χ4n) is 1.19. The SMILES string of the molecule is Cc1nc(C(=O)O)nc2[nH]ccc12. The summed E-state index contributed by atoms with van der Waals surface area (Å²) < 4.78 is 0. The van der Waals surface area contributed by atoms with Crippen LogP contribution in [0.4, 0.5) is 0 Å². The molecule has 2 aromatic heterocycles. The quantitative estimate of drug-likeness (QED) is 0.680. The second kappa shape index (κ2) is 2.55. The largest absolute Gasteiger partial charge is 0.475 e. The van der Waals surface area contributed by atoms with E-state index in [-0.39, 0.29) is 5.82 Å². The minimum absolute atomic E-state index is 0.174. The molecular weight excluding hydrogens is 170 g/mol. The van der Waals surface area contributed by atoms with Crippen molar-refractivity contribution in [3.8, 4) is 0 Å². The van der Waals surface area contributed by atoms with Crippen LogP contribution in [-0.2, 0) is 0 Å². The van der Waals surface area contributed by atoms with Crippen LogP contribution in [0.25, 0.3) is 11.0 Å². The Balaban J connectivity index is 2.77. The van der Waals surface area contributed by atoms with Crippen LogP contribution in [0.5, 0.6) is 0 Å². The maximum Gasteiger partial charge on any atom is 0.374 e. The van der Waals surface area contributed by atoms with Gasteiger partial charge in [-0.05, 0) is 13.0 Å². The van der Waals surface area contributed by atoms with Crippen LogP contribution in [0.3, 0.4) is 0 Å². The van der Waals surface area contributed by atoms with Crippen LogP contribution < -0.4 is 0 Å². The molecule has 0 aliphatic heterocycles. The summed E-state index contributed by atoms with van der Waals surface area (Å²) in [6.07, 6.45) is 1.71. The van der Waals surface area contributed by atoms with E-state index in [1.54, 1.807) is 13.1 Å². The molecule has 0 bridgehead atoms. The molecule has 0 unspecified atom stereocenters. The summed E-state index contributed by atoms with van der Waals surface area (Å²) >= 11 is 0. The van der Waals surface area contributed by atoms with Gasteiger partial charge in [0.1, 0.15) is 5.65 Å². The number of fused-ring (bicyclic) bond motifs is 1. The smallest absolute Gasteiger partial charge is 0.374 e. The zero-order chi connectivity index (χ0) is 9.42. The van der Waals surface area contributed by atoms with E-state index in [0.29, 0.717) is 11.3 Å². The van der Waals surface area contributed by atoms with Crippen molar-refractivity contribution in [2.75, 3.05) is 0 Å². The van der Waals surface area contributed by atoms with Gasteiger partial charge in [-0.3, -0.25) is 0 Å². The molecule has 2 rings (SSSR count). The van der Waals surface area contributed by atoms with Gasteiger partial charge in [0.15, 0.2) is 0 Å². The molecule has 0 atom stereocenters. The number of aromatic nitrogens is 3. The van der Waals surface area contributed by atoms with E-state index >= 15 is 0 Å². The van der Waals surface area contributed by atoms with Crippen LogP contribution in [0.2, 0.25) is 0 Å². The van der Waals surface area contributed by atoms with E-state index in [1.165, 1.54) is 0 Å². The van der Waals surface area contributed by atoms with Gasteiger partial charge in [0.25, 0.3) is 0 Å². The molecule has 0 radical (unpaired) electrons. The Bertz CT molecular complexity index is 475. The predicted octanol–water partition coefficient (Wildman–Crippen LogP) is 0.965. The summed E-state index contributed by atoms with van der Waals surface area (Å²) in [4.78, 5) is 21.1. The van der Waals surface area contributed by atoms with Gasteiger partial charge < -0.3 is 10.1 Å². The normalized spacial score (nSPS) is 10.5. The molecule has 0 aliphatic carbocycles. The molecule has 0 saturated heterocycles. The molecule has 5 nitrogen and oxygen atoms in total. The highest BCUT2D eigenvalue weighted by Crippen LogP contribution is 2.12. The number of carboxylic acid groups (broad SMARTS) is 1. The fourth-order valence-corrected chi connectivity index (χ4v) is 1.19. The molecule has 2 N–H and O–H groups in total. The number of carbonyl (C=O) groups is 1. The van der Waals surface area contributed by atoms with Crippen LogP contribution in [0, 0.1) is 6.92 Å². The molecule has 0 aromatic carbocycles. The molecule has 0 fully saturated rings. The number of nitrogens with zero attached hydrogens (tertiary/aromatic N) is 2. The lowest BCUT2D eigenvalue weighted by molar-refractivity contribution is 0.0683. The van der Waals surface area contributed by atoms with Gasteiger partial charge in [0, 0.05) is 11.6 Å². The predicted molar refractivity (Wildman–Crippen MR) is 45.6 cm³/mol. The van der Waals surface area contributed by atoms with E-state index in [9.17, 15) is 4.79 Å². The number of hydrogen-bond donors (Lipinski definition) is 2. The van der Waals surface area contributed by atoms with Gasteiger partial charge in [0.05, 0.1) is 5.69 Å². The lowest BCUT2D eigenvalue weighted by Gasteiger charge is -1.96. The third-order valence-corrected chi connectivity index (χ3v) is 1.80. The van der Waals surface area contributed by atoms with E-state index in [4.69, 9.17) is 5.11 Å². The topological polar surface area (TPSA) is 78.9 Å². The van der Waals surface area contributed by atoms with Crippen LogP contribution >= 0.6 is 0 Å². The van der Waals surface area contributed by atoms with E-state index in [1.807, 2.05) is 6.07 Å². The number of aromatic amines is 1. The maximum absolute atomic E-state index is 10.6. The summed E-state index contributed by atoms with van der Waals surface area (Å²) in [5.41, 5.74) is 1.23. The van der Waals surface area contributed by atoms with Crippen molar-refractivity contribution in [2.24, 2.45) is 0 Å². The highest BCUT2D eigenvalue weighted by molar-refractivity contribution is 5.87.